The molecule has 0 unspecified atom stereocenters. The van der Waals surface area contributed by atoms with Gasteiger partial charge in [-0.25, -0.2) is 5.43 Å². The number of nitrogens with one attached hydrogen (secondary N) is 1. The van der Waals surface area contributed by atoms with E-state index in [1.807, 2.05) is 42.5 Å². The van der Waals surface area contributed by atoms with Crippen LogP contribution in [0.2, 0.25) is 0 Å². The molecule has 0 heterocycles. The molecule has 0 aliphatic heterocycles. The summed E-state index contributed by atoms with van der Waals surface area (Å²) in [4.78, 5) is 11.8. The minimum atomic E-state index is -0.196. The van der Waals surface area contributed by atoms with E-state index in [-0.39, 0.29) is 18.9 Å². The van der Waals surface area contributed by atoms with Crippen LogP contribution in [0.3, 0.4) is 0 Å². The Kier molecular flexibility index (Phi) is 5.70. The predicted molar refractivity (Wildman–Crippen MR) is 83.4 cm³/mol. The molecule has 0 bridgehead atoms. The highest BCUT2D eigenvalue weighted by molar-refractivity contribution is 5.85. The molecule has 1 N–H and O–H groups in total. The Hall–Kier alpha value is -3.13. The minimum Gasteiger partial charge on any atom is -0.478 e. The van der Waals surface area contributed by atoms with Crippen LogP contribution in [0.4, 0.5) is 0 Å². The number of carbonyl (C=O) groups is 1. The summed E-state index contributed by atoms with van der Waals surface area (Å²) in [5.74, 6) is 0.350. The van der Waals surface area contributed by atoms with Gasteiger partial charge < -0.3 is 4.74 Å². The fourth-order valence-electron chi connectivity index (χ4n) is 1.82. The molecule has 2 aromatic carbocycles. The van der Waals surface area contributed by atoms with Crippen molar-refractivity contribution < 1.29 is 9.53 Å². The van der Waals surface area contributed by atoms with Crippen molar-refractivity contribution in [2.75, 3.05) is 6.61 Å². The average Bonchev–Trinajstić information content (AvgIpc) is 2.55. The van der Waals surface area contributed by atoms with Gasteiger partial charge in [0.05, 0.1) is 12.6 Å². The van der Waals surface area contributed by atoms with Crippen molar-refractivity contribution in [3.63, 3.8) is 0 Å². The molecule has 0 aliphatic carbocycles. The maximum atomic E-state index is 11.8. The van der Waals surface area contributed by atoms with Gasteiger partial charge in [0.2, 0.25) is 5.91 Å². The zero-order valence-electron chi connectivity index (χ0n) is 11.9. The van der Waals surface area contributed by atoms with E-state index in [1.54, 1.807) is 18.2 Å². The van der Waals surface area contributed by atoms with E-state index < -0.39 is 0 Å². The zero-order chi connectivity index (χ0) is 15.6. The molecule has 1 amide bonds. The van der Waals surface area contributed by atoms with Crippen molar-refractivity contribution in [2.24, 2.45) is 5.10 Å². The molecule has 0 saturated heterocycles. The first-order valence-corrected chi connectivity index (χ1v) is 6.74. The number of rotatable bonds is 6. The number of carbonyl (C=O) groups excluding carboxylic acids is 1. The van der Waals surface area contributed by atoms with Gasteiger partial charge in [0.25, 0.3) is 0 Å². The topological polar surface area (TPSA) is 74.5 Å². The third-order valence-corrected chi connectivity index (χ3v) is 2.81. The number of para-hydroxylation sites is 1. The molecular weight excluding hydrogens is 278 g/mol. The second kappa shape index (κ2) is 8.22. The Morgan fingerprint density at radius 2 is 1.91 bits per heavy atom. The summed E-state index contributed by atoms with van der Waals surface area (Å²) in [6, 6.07) is 18.5. The molecular formula is C17H15N3O2. The van der Waals surface area contributed by atoms with Crippen LogP contribution >= 0.6 is 0 Å². The van der Waals surface area contributed by atoms with Gasteiger partial charge in [0, 0.05) is 5.56 Å². The molecule has 0 spiro atoms. The van der Waals surface area contributed by atoms with Gasteiger partial charge >= 0.3 is 0 Å². The molecule has 0 aromatic heterocycles. The summed E-state index contributed by atoms with van der Waals surface area (Å²) >= 11 is 0. The smallest absolute Gasteiger partial charge is 0.244 e. The number of nitrogens with zero attached hydrogens (tertiary/aromatic N) is 2. The maximum absolute atomic E-state index is 11.8. The Morgan fingerprint density at radius 3 is 2.68 bits per heavy atom. The van der Waals surface area contributed by atoms with Crippen molar-refractivity contribution in [1.82, 2.24) is 5.43 Å². The number of ether oxygens (including phenoxy) is 1. The summed E-state index contributed by atoms with van der Waals surface area (Å²) < 4.78 is 5.27. The van der Waals surface area contributed by atoms with Crippen LogP contribution < -0.4 is 10.2 Å². The molecule has 2 aromatic rings. The normalized spacial score (nSPS) is 10.1. The van der Waals surface area contributed by atoms with Gasteiger partial charge in [-0.05, 0) is 17.7 Å². The molecule has 0 saturated carbocycles. The number of hydrogen-bond donors (Lipinski definition) is 1. The van der Waals surface area contributed by atoms with Crippen LogP contribution in [0.1, 0.15) is 11.1 Å². The van der Waals surface area contributed by atoms with Crippen LogP contribution in [-0.2, 0) is 11.2 Å². The lowest BCUT2D eigenvalue weighted by molar-refractivity contribution is -0.120. The SMILES string of the molecule is N#CCOc1ccccc1/C=N/NC(=O)Cc1ccccc1. The standard InChI is InChI=1S/C17H15N3O2/c18-10-11-22-16-9-5-4-8-15(16)13-19-20-17(21)12-14-6-2-1-3-7-14/h1-9,13H,11-12H2,(H,20,21)/b19-13+. The third-order valence-electron chi connectivity index (χ3n) is 2.81. The van der Waals surface area contributed by atoms with Gasteiger partial charge in [-0.1, -0.05) is 42.5 Å². The van der Waals surface area contributed by atoms with Crippen molar-refractivity contribution >= 4 is 12.1 Å². The molecule has 0 radical (unpaired) electrons. The first-order valence-electron chi connectivity index (χ1n) is 6.74. The van der Waals surface area contributed by atoms with Gasteiger partial charge in [0.15, 0.2) is 6.61 Å². The highest BCUT2D eigenvalue weighted by Crippen LogP contribution is 2.15. The molecule has 5 heteroatoms. The Morgan fingerprint density at radius 1 is 1.18 bits per heavy atom. The van der Waals surface area contributed by atoms with Crippen molar-refractivity contribution in [2.45, 2.75) is 6.42 Å². The van der Waals surface area contributed by atoms with Crippen LogP contribution in [0.25, 0.3) is 0 Å². The van der Waals surface area contributed by atoms with Gasteiger partial charge in [0.1, 0.15) is 11.8 Å². The van der Waals surface area contributed by atoms with E-state index in [2.05, 4.69) is 10.5 Å². The molecule has 0 atom stereocenters. The number of nitriles is 1. The molecule has 0 fully saturated rings. The number of hydrazone groups is 1. The summed E-state index contributed by atoms with van der Waals surface area (Å²) in [6.07, 6.45) is 1.76. The lowest BCUT2D eigenvalue weighted by atomic mass is 10.1. The minimum absolute atomic E-state index is 0.0365. The Bertz CT molecular complexity index is 691. The first kappa shape index (κ1) is 15.3. The third kappa shape index (κ3) is 4.76. The summed E-state index contributed by atoms with van der Waals surface area (Å²) in [6.45, 7) is -0.0365. The van der Waals surface area contributed by atoms with E-state index in [9.17, 15) is 4.79 Å². The lowest BCUT2D eigenvalue weighted by Crippen LogP contribution is -2.19. The van der Waals surface area contributed by atoms with Gasteiger partial charge in [-0.15, -0.1) is 0 Å². The molecule has 0 aliphatic rings. The van der Waals surface area contributed by atoms with E-state index >= 15 is 0 Å². The number of amides is 1. The molecule has 2 rings (SSSR count). The van der Waals surface area contributed by atoms with Crippen LogP contribution in [0, 0.1) is 11.3 Å². The second-order valence-electron chi connectivity index (χ2n) is 4.44. The van der Waals surface area contributed by atoms with Crippen LogP contribution in [-0.4, -0.2) is 18.7 Å². The van der Waals surface area contributed by atoms with Gasteiger partial charge in [-0.2, -0.15) is 10.4 Å². The van der Waals surface area contributed by atoms with Crippen LogP contribution in [0.15, 0.2) is 59.7 Å². The summed E-state index contributed by atoms with van der Waals surface area (Å²) in [5.41, 5.74) is 4.09. The molecule has 22 heavy (non-hydrogen) atoms. The largest absolute Gasteiger partial charge is 0.478 e. The molecule has 5 nitrogen and oxygen atoms in total. The second-order valence-corrected chi connectivity index (χ2v) is 4.44. The molecule has 110 valence electrons. The fourth-order valence-corrected chi connectivity index (χ4v) is 1.82. The predicted octanol–water partition coefficient (Wildman–Crippen LogP) is 2.28. The van der Waals surface area contributed by atoms with Crippen molar-refractivity contribution in [3.8, 4) is 11.8 Å². The first-order chi connectivity index (χ1) is 10.8. The fraction of sp³-hybridized carbons (Fsp3) is 0.118. The van der Waals surface area contributed by atoms with Crippen LogP contribution in [0.5, 0.6) is 5.75 Å². The highest BCUT2D eigenvalue weighted by atomic mass is 16.5. The van der Waals surface area contributed by atoms with E-state index in [1.165, 1.54) is 6.21 Å². The van der Waals surface area contributed by atoms with Gasteiger partial charge in [-0.3, -0.25) is 4.79 Å². The summed E-state index contributed by atoms with van der Waals surface area (Å²) in [5, 5.41) is 12.5. The summed E-state index contributed by atoms with van der Waals surface area (Å²) in [7, 11) is 0. The average molecular weight is 293 g/mol. The zero-order valence-corrected chi connectivity index (χ0v) is 11.9. The lowest BCUT2D eigenvalue weighted by Gasteiger charge is -2.05. The van der Waals surface area contributed by atoms with E-state index in [4.69, 9.17) is 10.00 Å². The highest BCUT2D eigenvalue weighted by Gasteiger charge is 2.02. The monoisotopic (exact) mass is 293 g/mol. The Labute approximate surface area is 128 Å². The number of benzene rings is 2. The Balaban J connectivity index is 1.92. The van der Waals surface area contributed by atoms with E-state index in [0.29, 0.717) is 11.3 Å². The van der Waals surface area contributed by atoms with E-state index in [0.717, 1.165) is 5.56 Å². The number of hydrogen-bond acceptors (Lipinski definition) is 4. The maximum Gasteiger partial charge on any atom is 0.244 e. The quantitative estimate of drug-likeness (QED) is 0.656. The van der Waals surface area contributed by atoms with Crippen molar-refractivity contribution in [3.05, 3.63) is 65.7 Å². The van der Waals surface area contributed by atoms with Crippen molar-refractivity contribution in [1.29, 1.82) is 5.26 Å².